The molecule has 0 bridgehead atoms. The first-order chi connectivity index (χ1) is 7.16. The summed E-state index contributed by atoms with van der Waals surface area (Å²) < 4.78 is 2.50. The third-order valence-corrected chi connectivity index (χ3v) is 2.34. The summed E-state index contributed by atoms with van der Waals surface area (Å²) in [6.45, 7) is 0. The zero-order valence-electron chi connectivity index (χ0n) is 7.46. The second kappa shape index (κ2) is 3.97. The Morgan fingerprint density at radius 3 is 2.93 bits per heavy atom. The highest BCUT2D eigenvalue weighted by atomic mass is 127. The maximum Gasteiger partial charge on any atom is 0.335 e. The molecule has 6 heteroatoms. The van der Waals surface area contributed by atoms with Crippen LogP contribution in [0.1, 0.15) is 10.4 Å². The van der Waals surface area contributed by atoms with Gasteiger partial charge in [0.05, 0.1) is 15.3 Å². The Labute approximate surface area is 98.9 Å². The van der Waals surface area contributed by atoms with E-state index in [2.05, 4.69) is 32.7 Å². The molecule has 0 aliphatic heterocycles. The van der Waals surface area contributed by atoms with Crippen molar-refractivity contribution < 1.29 is 9.90 Å². The van der Waals surface area contributed by atoms with Crippen molar-refractivity contribution in [3.63, 3.8) is 0 Å². The quantitative estimate of drug-likeness (QED) is 0.854. The van der Waals surface area contributed by atoms with E-state index in [1.54, 1.807) is 12.4 Å². The largest absolute Gasteiger partial charge is 0.478 e. The fourth-order valence-corrected chi connectivity index (χ4v) is 1.49. The van der Waals surface area contributed by atoms with Gasteiger partial charge in [-0.25, -0.2) is 14.5 Å². The van der Waals surface area contributed by atoms with Crippen LogP contribution in [0.25, 0.3) is 5.82 Å². The van der Waals surface area contributed by atoms with Gasteiger partial charge in [0, 0.05) is 12.4 Å². The molecule has 0 aromatic carbocycles. The molecule has 1 N–H and O–H groups in total. The van der Waals surface area contributed by atoms with E-state index in [-0.39, 0.29) is 5.56 Å². The minimum absolute atomic E-state index is 0.200. The lowest BCUT2D eigenvalue weighted by Crippen LogP contribution is -2.02. The number of carboxylic acid groups (broad SMARTS) is 1. The molecule has 2 rings (SSSR count). The topological polar surface area (TPSA) is 68.0 Å². The lowest BCUT2D eigenvalue weighted by atomic mass is 10.3. The van der Waals surface area contributed by atoms with Crippen LogP contribution >= 0.6 is 22.6 Å². The van der Waals surface area contributed by atoms with E-state index in [0.717, 1.165) is 3.57 Å². The fraction of sp³-hybridized carbons (Fsp3) is 0. The van der Waals surface area contributed by atoms with Crippen LogP contribution in [-0.2, 0) is 0 Å². The second-order valence-corrected chi connectivity index (χ2v) is 4.06. The van der Waals surface area contributed by atoms with Crippen LogP contribution in [-0.4, -0.2) is 25.8 Å². The first-order valence-corrected chi connectivity index (χ1v) is 5.14. The van der Waals surface area contributed by atoms with Gasteiger partial charge in [0.1, 0.15) is 0 Å². The molecule has 0 saturated heterocycles. The summed E-state index contributed by atoms with van der Waals surface area (Å²) in [7, 11) is 0. The molecule has 0 saturated carbocycles. The standard InChI is InChI=1S/C9H6IN3O2/c10-7-4-12-13(5-7)8-3-6(9(14)15)1-2-11-8/h1-5H,(H,14,15). The molecule has 0 radical (unpaired) electrons. The first-order valence-electron chi connectivity index (χ1n) is 4.07. The lowest BCUT2D eigenvalue weighted by molar-refractivity contribution is 0.0696. The summed E-state index contributed by atoms with van der Waals surface area (Å²) in [6.07, 6.45) is 4.90. The molecule has 0 amide bonds. The zero-order chi connectivity index (χ0) is 10.8. The normalized spacial score (nSPS) is 10.2. The molecule has 2 heterocycles. The zero-order valence-corrected chi connectivity index (χ0v) is 9.62. The molecule has 76 valence electrons. The Morgan fingerprint density at radius 2 is 2.33 bits per heavy atom. The van der Waals surface area contributed by atoms with Crippen LogP contribution in [0.3, 0.4) is 0 Å². The summed E-state index contributed by atoms with van der Waals surface area (Å²) in [5.41, 5.74) is 0.200. The Kier molecular flexibility index (Phi) is 2.67. The van der Waals surface area contributed by atoms with Crippen LogP contribution in [0.4, 0.5) is 0 Å². The Balaban J connectivity index is 2.45. The Bertz CT molecular complexity index is 510. The third-order valence-electron chi connectivity index (χ3n) is 1.78. The van der Waals surface area contributed by atoms with Crippen LogP contribution in [0.15, 0.2) is 30.7 Å². The molecule has 0 aliphatic rings. The van der Waals surface area contributed by atoms with E-state index in [0.29, 0.717) is 5.82 Å². The number of hydrogen-bond donors (Lipinski definition) is 1. The van der Waals surface area contributed by atoms with Crippen LogP contribution in [0.5, 0.6) is 0 Å². The summed E-state index contributed by atoms with van der Waals surface area (Å²) in [5.74, 6) is -0.474. The van der Waals surface area contributed by atoms with E-state index in [4.69, 9.17) is 5.11 Å². The number of carbonyl (C=O) groups is 1. The van der Waals surface area contributed by atoms with Gasteiger partial charge in [0.25, 0.3) is 0 Å². The molecule has 0 atom stereocenters. The molecule has 0 aliphatic carbocycles. The van der Waals surface area contributed by atoms with Crippen molar-refractivity contribution in [1.29, 1.82) is 0 Å². The van der Waals surface area contributed by atoms with Crippen molar-refractivity contribution in [2.75, 3.05) is 0 Å². The molecular weight excluding hydrogens is 309 g/mol. The minimum Gasteiger partial charge on any atom is -0.478 e. The highest BCUT2D eigenvalue weighted by Gasteiger charge is 2.06. The number of aromatic carboxylic acids is 1. The van der Waals surface area contributed by atoms with Gasteiger partial charge in [-0.2, -0.15) is 5.10 Å². The smallest absolute Gasteiger partial charge is 0.335 e. The summed E-state index contributed by atoms with van der Waals surface area (Å²) in [5, 5.41) is 12.8. The van der Waals surface area contributed by atoms with E-state index >= 15 is 0 Å². The average Bonchev–Trinajstić information content (AvgIpc) is 2.65. The van der Waals surface area contributed by atoms with Crippen molar-refractivity contribution in [3.05, 3.63) is 39.9 Å². The van der Waals surface area contributed by atoms with E-state index in [9.17, 15) is 4.79 Å². The Hall–Kier alpha value is -1.44. The maximum absolute atomic E-state index is 10.7. The molecule has 5 nitrogen and oxygen atoms in total. The number of aromatic nitrogens is 3. The van der Waals surface area contributed by atoms with Gasteiger partial charge in [-0.15, -0.1) is 0 Å². The maximum atomic E-state index is 10.7. The molecule has 0 unspecified atom stereocenters. The summed E-state index contributed by atoms with van der Waals surface area (Å²) in [6, 6.07) is 2.92. The van der Waals surface area contributed by atoms with Crippen molar-refractivity contribution in [2.24, 2.45) is 0 Å². The van der Waals surface area contributed by atoms with Gasteiger partial charge < -0.3 is 5.11 Å². The van der Waals surface area contributed by atoms with Gasteiger partial charge in [0.15, 0.2) is 5.82 Å². The van der Waals surface area contributed by atoms with Crippen molar-refractivity contribution in [1.82, 2.24) is 14.8 Å². The molecule has 2 aromatic heterocycles. The molecule has 2 aromatic rings. The molecule has 0 spiro atoms. The number of halogens is 1. The third kappa shape index (κ3) is 2.14. The first kappa shape index (κ1) is 10.1. The van der Waals surface area contributed by atoms with Gasteiger partial charge in [-0.05, 0) is 34.7 Å². The number of nitrogens with zero attached hydrogens (tertiary/aromatic N) is 3. The van der Waals surface area contributed by atoms with Gasteiger partial charge in [-0.3, -0.25) is 0 Å². The van der Waals surface area contributed by atoms with E-state index in [1.807, 2.05) is 0 Å². The van der Waals surface area contributed by atoms with Crippen LogP contribution < -0.4 is 0 Å². The number of pyridine rings is 1. The number of hydrogen-bond acceptors (Lipinski definition) is 3. The van der Waals surface area contributed by atoms with Crippen LogP contribution in [0.2, 0.25) is 0 Å². The van der Waals surface area contributed by atoms with Crippen molar-refractivity contribution in [2.45, 2.75) is 0 Å². The molecule has 15 heavy (non-hydrogen) atoms. The monoisotopic (exact) mass is 315 g/mol. The van der Waals surface area contributed by atoms with E-state index in [1.165, 1.54) is 23.0 Å². The van der Waals surface area contributed by atoms with Gasteiger partial charge in [0.2, 0.25) is 0 Å². The molecular formula is C9H6IN3O2. The predicted octanol–water partition coefficient (Wildman–Crippen LogP) is 1.57. The summed E-state index contributed by atoms with van der Waals surface area (Å²) in [4.78, 5) is 14.8. The number of rotatable bonds is 2. The summed E-state index contributed by atoms with van der Waals surface area (Å²) >= 11 is 2.12. The SMILES string of the molecule is O=C(O)c1ccnc(-n2cc(I)cn2)c1. The van der Waals surface area contributed by atoms with E-state index < -0.39 is 5.97 Å². The van der Waals surface area contributed by atoms with Crippen molar-refractivity contribution >= 4 is 28.6 Å². The highest BCUT2D eigenvalue weighted by Crippen LogP contribution is 2.09. The van der Waals surface area contributed by atoms with Gasteiger partial charge in [-0.1, -0.05) is 0 Å². The predicted molar refractivity (Wildman–Crippen MR) is 61.0 cm³/mol. The van der Waals surface area contributed by atoms with Crippen LogP contribution in [0, 0.1) is 3.57 Å². The van der Waals surface area contributed by atoms with Crippen molar-refractivity contribution in [3.8, 4) is 5.82 Å². The Morgan fingerprint density at radius 1 is 1.53 bits per heavy atom. The van der Waals surface area contributed by atoms with Gasteiger partial charge >= 0.3 is 5.97 Å². The molecule has 0 fully saturated rings. The highest BCUT2D eigenvalue weighted by molar-refractivity contribution is 14.1. The second-order valence-electron chi connectivity index (χ2n) is 2.81. The fourth-order valence-electron chi connectivity index (χ4n) is 1.10. The number of carboxylic acids is 1. The lowest BCUT2D eigenvalue weighted by Gasteiger charge is -2.00. The average molecular weight is 315 g/mol. The minimum atomic E-state index is -0.972.